The van der Waals surface area contributed by atoms with Crippen molar-refractivity contribution in [1.82, 2.24) is 73.4 Å². The molecule has 12 rings (SSSR count). The highest BCUT2D eigenvalue weighted by molar-refractivity contribution is 7.12. The summed E-state index contributed by atoms with van der Waals surface area (Å²) in [6.45, 7) is 21.0. The van der Waals surface area contributed by atoms with Gasteiger partial charge in [0.15, 0.2) is 11.5 Å². The van der Waals surface area contributed by atoms with E-state index in [0.29, 0.717) is 13.1 Å². The summed E-state index contributed by atoms with van der Waals surface area (Å²) in [6, 6.07) is 28.8. The lowest BCUT2D eigenvalue weighted by molar-refractivity contribution is 0.0693. The van der Waals surface area contributed by atoms with E-state index in [1.165, 1.54) is 28.0 Å². The third-order valence-corrected chi connectivity index (χ3v) is 18.8. The summed E-state index contributed by atoms with van der Waals surface area (Å²) >= 11 is 1.46. The minimum Gasteiger partial charge on any atom is -0.493 e. The molecular formula is C67H83N15O6S. The van der Waals surface area contributed by atoms with Crippen molar-refractivity contribution in [3.8, 4) is 45.3 Å². The summed E-state index contributed by atoms with van der Waals surface area (Å²) < 4.78 is 21.3. The van der Waals surface area contributed by atoms with Crippen LogP contribution in [0.5, 0.6) is 11.5 Å². The summed E-state index contributed by atoms with van der Waals surface area (Å²) in [4.78, 5) is 57.7. The number of aromatic nitrogens is 12. The molecule has 10 heterocycles. The van der Waals surface area contributed by atoms with Crippen molar-refractivity contribution in [3.05, 3.63) is 183 Å². The number of thiophene rings is 1. The number of amides is 1. The normalized spacial score (nSPS) is 15.3. The number of aryl methyl sites for hydroxylation is 7. The Bertz CT molecular complexity index is 4130. The lowest BCUT2D eigenvalue weighted by Gasteiger charge is -2.32. The third-order valence-electron chi connectivity index (χ3n) is 17.9. The van der Waals surface area contributed by atoms with Crippen LogP contribution in [-0.2, 0) is 34.2 Å². The molecule has 0 bridgehead atoms. The van der Waals surface area contributed by atoms with Gasteiger partial charge in [-0.05, 0) is 145 Å². The predicted octanol–water partition coefficient (Wildman–Crippen LogP) is 9.32. The Morgan fingerprint density at radius 2 is 0.899 bits per heavy atom. The Hall–Kier alpha value is -8.60. The topological polar surface area (TPSA) is 203 Å². The Labute approximate surface area is 523 Å². The van der Waals surface area contributed by atoms with E-state index in [-0.39, 0.29) is 40.7 Å². The molecule has 468 valence electrons. The van der Waals surface area contributed by atoms with Crippen molar-refractivity contribution in [2.75, 3.05) is 53.5 Å². The van der Waals surface area contributed by atoms with E-state index in [1.54, 1.807) is 52.5 Å². The first-order chi connectivity index (χ1) is 42.8. The average molecular weight is 1230 g/mol. The maximum atomic E-state index is 12.6. The zero-order chi connectivity index (χ0) is 63.2. The minimum absolute atomic E-state index is 0.00267. The number of hydrogen-bond acceptors (Lipinski definition) is 15. The monoisotopic (exact) mass is 1230 g/mol. The molecule has 89 heavy (non-hydrogen) atoms. The number of hydrogen-bond donors (Lipinski definition) is 0. The van der Waals surface area contributed by atoms with Crippen LogP contribution < -0.4 is 26.2 Å². The zero-order valence-corrected chi connectivity index (χ0v) is 54.3. The number of ether oxygens (including phenoxy) is 2. The van der Waals surface area contributed by atoms with Crippen LogP contribution in [-0.4, -0.2) is 133 Å². The molecular weight excluding hydrogens is 1140 g/mol. The average Bonchev–Trinajstić information content (AvgIpc) is 2.22. The molecule has 1 amide bonds. The molecule has 0 N–H and O–H groups in total. The Kier molecular flexibility index (Phi) is 19.8. The first kappa shape index (κ1) is 63.4. The summed E-state index contributed by atoms with van der Waals surface area (Å²) in [7, 11) is 9.06. The van der Waals surface area contributed by atoms with Gasteiger partial charge in [0.05, 0.1) is 71.4 Å². The van der Waals surface area contributed by atoms with Crippen molar-refractivity contribution in [2.24, 2.45) is 21.1 Å². The fraction of sp³-hybridized carbons (Fsp3) is 0.433. The van der Waals surface area contributed by atoms with Crippen LogP contribution in [0, 0.1) is 48.5 Å². The molecule has 3 fully saturated rings. The van der Waals surface area contributed by atoms with E-state index in [4.69, 9.17) is 19.7 Å². The fourth-order valence-electron chi connectivity index (χ4n) is 12.7. The van der Waals surface area contributed by atoms with Crippen LogP contribution in [0.25, 0.3) is 33.8 Å². The van der Waals surface area contributed by atoms with E-state index in [2.05, 4.69) is 67.5 Å². The molecule has 0 spiro atoms. The van der Waals surface area contributed by atoms with Gasteiger partial charge in [0.25, 0.3) is 22.6 Å². The van der Waals surface area contributed by atoms with Crippen LogP contribution >= 0.6 is 11.3 Å². The van der Waals surface area contributed by atoms with Crippen molar-refractivity contribution >= 4 is 17.2 Å². The van der Waals surface area contributed by atoms with Crippen molar-refractivity contribution < 1.29 is 14.3 Å². The maximum Gasteiger partial charge on any atom is 0.267 e. The quantitative estimate of drug-likeness (QED) is 0.106. The van der Waals surface area contributed by atoms with Gasteiger partial charge in [0, 0.05) is 125 Å². The Balaban J connectivity index is 0.000000147. The van der Waals surface area contributed by atoms with E-state index < -0.39 is 0 Å². The number of piperidine rings is 3. The fourth-order valence-corrected chi connectivity index (χ4v) is 13.4. The summed E-state index contributed by atoms with van der Waals surface area (Å²) in [6.07, 6.45) is 5.08. The number of carbonyl (C=O) groups is 1. The lowest BCUT2D eigenvalue weighted by atomic mass is 10.0. The van der Waals surface area contributed by atoms with Gasteiger partial charge in [0.1, 0.15) is 0 Å². The predicted molar refractivity (Wildman–Crippen MR) is 347 cm³/mol. The molecule has 0 atom stereocenters. The standard InChI is InChI=1S/C24H31N5O3.C23H29N5O.C20H23N5O2S/c1-16-24(17(2)27(3)25-16)20-7-9-23(30)29(26-20)19-10-12-28(13-11-19)15-18-6-8-21(31-4)22(14-18)32-5;1-16-7-5-6-8-19(16)15-27-13-11-20(12-14-27)28-22(29)10-9-21(25-28)23-17(2)24-26(4)18(23)3;1-13-19(14(2)23(3)21-13)16-6-7-18(26)25(22-16)15-8-10-24(11-9-15)20(27)17-5-4-12-28-17/h6-9,14,19H,10-13,15H2,1-5H3;5-10,20H,11-15H2,1-4H3;4-7,12,15H,8-11H2,1-3H3. The van der Waals surface area contributed by atoms with Gasteiger partial charge < -0.3 is 14.4 Å². The van der Waals surface area contributed by atoms with Crippen LogP contribution in [0.4, 0.5) is 0 Å². The smallest absolute Gasteiger partial charge is 0.267 e. The molecule has 3 aliphatic rings. The second kappa shape index (κ2) is 27.8. The van der Waals surface area contributed by atoms with Gasteiger partial charge >= 0.3 is 0 Å². The van der Waals surface area contributed by atoms with Gasteiger partial charge in [0.2, 0.25) is 0 Å². The largest absolute Gasteiger partial charge is 0.493 e. The molecule has 9 aromatic rings. The van der Waals surface area contributed by atoms with E-state index >= 15 is 0 Å². The molecule has 21 nitrogen and oxygen atoms in total. The van der Waals surface area contributed by atoms with Gasteiger partial charge in [-0.3, -0.25) is 43.0 Å². The highest BCUT2D eigenvalue weighted by atomic mass is 32.1. The second-order valence-electron chi connectivity index (χ2n) is 23.6. The Morgan fingerprint density at radius 3 is 1.28 bits per heavy atom. The summed E-state index contributed by atoms with van der Waals surface area (Å²) in [5.41, 5.74) is 15.0. The highest BCUT2D eigenvalue weighted by Crippen LogP contribution is 2.32. The summed E-state index contributed by atoms with van der Waals surface area (Å²) in [5.74, 6) is 1.55. The maximum absolute atomic E-state index is 12.6. The highest BCUT2D eigenvalue weighted by Gasteiger charge is 2.29. The number of methoxy groups -OCH3 is 2. The van der Waals surface area contributed by atoms with Crippen molar-refractivity contribution in [1.29, 1.82) is 0 Å². The van der Waals surface area contributed by atoms with E-state index in [0.717, 1.165) is 162 Å². The third kappa shape index (κ3) is 14.1. The first-order valence-electron chi connectivity index (χ1n) is 30.6. The zero-order valence-electron chi connectivity index (χ0n) is 53.4. The number of likely N-dealkylation sites (tertiary alicyclic amines) is 3. The van der Waals surface area contributed by atoms with Crippen LogP contribution in [0.2, 0.25) is 0 Å². The molecule has 0 saturated carbocycles. The molecule has 3 saturated heterocycles. The number of nitrogens with zero attached hydrogens (tertiary/aromatic N) is 15. The Morgan fingerprint density at radius 1 is 0.483 bits per heavy atom. The van der Waals surface area contributed by atoms with Crippen LogP contribution in [0.15, 0.2) is 111 Å². The number of benzene rings is 2. The van der Waals surface area contributed by atoms with Crippen LogP contribution in [0.3, 0.4) is 0 Å². The molecule has 0 radical (unpaired) electrons. The minimum atomic E-state index is -0.106. The van der Waals surface area contributed by atoms with Gasteiger partial charge in [-0.2, -0.15) is 30.6 Å². The van der Waals surface area contributed by atoms with Crippen molar-refractivity contribution in [2.45, 2.75) is 118 Å². The van der Waals surface area contributed by atoms with E-state index in [1.807, 2.05) is 123 Å². The molecule has 0 aliphatic carbocycles. The van der Waals surface area contributed by atoms with Gasteiger partial charge in [-0.15, -0.1) is 11.3 Å². The number of rotatable bonds is 13. The summed E-state index contributed by atoms with van der Waals surface area (Å²) in [5, 5.41) is 29.5. The molecule has 22 heteroatoms. The van der Waals surface area contributed by atoms with E-state index in [9.17, 15) is 19.2 Å². The van der Waals surface area contributed by atoms with Gasteiger partial charge in [-0.25, -0.2) is 14.0 Å². The molecule has 3 aliphatic heterocycles. The molecule has 0 unspecified atom stereocenters. The van der Waals surface area contributed by atoms with Crippen molar-refractivity contribution in [3.63, 3.8) is 0 Å². The number of carbonyl (C=O) groups excluding carboxylic acids is 1. The molecule has 2 aromatic carbocycles. The molecule has 7 aromatic heterocycles. The SMILES string of the molecule is COc1ccc(CN2CCC(n3nc(-c4c(C)nn(C)c4C)ccc3=O)CC2)cc1OC.Cc1ccccc1CN1CCC(n2nc(-c3c(C)nn(C)c3C)ccc2=O)CC1.Cc1nn(C)c(C)c1-c1ccc(=O)n(C2CCN(C(=O)c3cccs3)CC2)n1. The lowest BCUT2D eigenvalue weighted by Crippen LogP contribution is -2.41. The van der Waals surface area contributed by atoms with Crippen LogP contribution in [0.1, 0.15) is 117 Å². The first-order valence-corrected chi connectivity index (χ1v) is 31.5. The second-order valence-corrected chi connectivity index (χ2v) is 24.6. The van der Waals surface area contributed by atoms with Gasteiger partial charge in [-0.1, -0.05) is 36.4 Å².